The third-order valence-electron chi connectivity index (χ3n) is 8.54. The van der Waals surface area contributed by atoms with E-state index in [1.807, 2.05) is 12.1 Å². The second-order valence-electron chi connectivity index (χ2n) is 10.9. The van der Waals surface area contributed by atoms with E-state index in [0.717, 1.165) is 62.0 Å². The van der Waals surface area contributed by atoms with Crippen molar-refractivity contribution in [3.05, 3.63) is 59.2 Å². The number of benzene rings is 2. The first-order chi connectivity index (χ1) is 16.6. The van der Waals surface area contributed by atoms with Gasteiger partial charge in [-0.05, 0) is 104 Å². The van der Waals surface area contributed by atoms with Crippen LogP contribution in [0.3, 0.4) is 0 Å². The van der Waals surface area contributed by atoms with Gasteiger partial charge in [0.1, 0.15) is 11.6 Å². The van der Waals surface area contributed by atoms with Crippen LogP contribution in [-0.4, -0.2) is 13.7 Å². The molecule has 0 saturated heterocycles. The van der Waals surface area contributed by atoms with E-state index in [-0.39, 0.29) is 17.6 Å². The van der Waals surface area contributed by atoms with Crippen molar-refractivity contribution in [1.82, 2.24) is 0 Å². The van der Waals surface area contributed by atoms with Crippen LogP contribution in [0, 0.1) is 29.4 Å². The van der Waals surface area contributed by atoms with Crippen LogP contribution < -0.4 is 0 Å². The summed E-state index contributed by atoms with van der Waals surface area (Å²) in [5.74, 6) is 1.90. The standard InChI is InChI=1S/C31H42F2O/c1-3-4-22-11-15-26(16-12-22)28-19-31(33)29(20-30(28)32)27-17-13-24(14-18-27)6-5-23-7-9-25(10-8-23)21-34-2/h13-14,17-20,22-23,25-26H,3-12,15-16,21H2,1-2H3. The average Bonchev–Trinajstić information content (AvgIpc) is 2.86. The molecule has 2 aromatic rings. The summed E-state index contributed by atoms with van der Waals surface area (Å²) >= 11 is 0. The Morgan fingerprint density at radius 1 is 0.765 bits per heavy atom. The fraction of sp³-hybridized carbons (Fsp3) is 0.613. The molecule has 0 radical (unpaired) electrons. The van der Waals surface area contributed by atoms with E-state index in [4.69, 9.17) is 4.74 Å². The summed E-state index contributed by atoms with van der Waals surface area (Å²) in [4.78, 5) is 0. The minimum Gasteiger partial charge on any atom is -0.384 e. The molecule has 0 heterocycles. The van der Waals surface area contributed by atoms with Gasteiger partial charge in [0, 0.05) is 19.3 Å². The Labute approximate surface area is 205 Å². The van der Waals surface area contributed by atoms with Gasteiger partial charge in [-0.25, -0.2) is 8.78 Å². The van der Waals surface area contributed by atoms with Gasteiger partial charge in [0.15, 0.2) is 0 Å². The Bertz CT molecular complexity index is 890. The zero-order valence-corrected chi connectivity index (χ0v) is 21.1. The summed E-state index contributed by atoms with van der Waals surface area (Å²) in [6, 6.07) is 11.0. The average molecular weight is 469 g/mol. The molecule has 2 saturated carbocycles. The van der Waals surface area contributed by atoms with Gasteiger partial charge in [0.05, 0.1) is 0 Å². The highest BCUT2D eigenvalue weighted by Gasteiger charge is 2.25. The summed E-state index contributed by atoms with van der Waals surface area (Å²) in [6.07, 6.45) is 14.1. The fourth-order valence-electron chi connectivity index (χ4n) is 6.41. The van der Waals surface area contributed by atoms with E-state index < -0.39 is 0 Å². The molecule has 0 spiro atoms. The molecule has 0 aliphatic heterocycles. The topological polar surface area (TPSA) is 9.23 Å². The van der Waals surface area contributed by atoms with Crippen LogP contribution in [-0.2, 0) is 11.2 Å². The first-order valence-corrected chi connectivity index (χ1v) is 13.6. The van der Waals surface area contributed by atoms with Crippen LogP contribution in [0.5, 0.6) is 0 Å². The van der Waals surface area contributed by atoms with Crippen molar-refractivity contribution in [3.8, 4) is 11.1 Å². The van der Waals surface area contributed by atoms with Gasteiger partial charge < -0.3 is 4.74 Å². The quantitative estimate of drug-likeness (QED) is 0.356. The molecule has 3 heteroatoms. The van der Waals surface area contributed by atoms with Crippen molar-refractivity contribution in [3.63, 3.8) is 0 Å². The van der Waals surface area contributed by atoms with E-state index >= 15 is 8.78 Å². The number of halogens is 2. The maximum absolute atomic E-state index is 15.1. The van der Waals surface area contributed by atoms with Crippen molar-refractivity contribution in [2.75, 3.05) is 13.7 Å². The van der Waals surface area contributed by atoms with E-state index in [1.165, 1.54) is 62.6 Å². The first-order valence-electron chi connectivity index (χ1n) is 13.6. The molecular formula is C31H42F2O. The molecule has 34 heavy (non-hydrogen) atoms. The summed E-state index contributed by atoms with van der Waals surface area (Å²) in [7, 11) is 1.80. The van der Waals surface area contributed by atoms with Crippen molar-refractivity contribution in [1.29, 1.82) is 0 Å². The van der Waals surface area contributed by atoms with Gasteiger partial charge >= 0.3 is 0 Å². The zero-order valence-electron chi connectivity index (χ0n) is 21.1. The lowest BCUT2D eigenvalue weighted by Crippen LogP contribution is -2.18. The molecule has 2 aliphatic carbocycles. The molecule has 2 fully saturated rings. The van der Waals surface area contributed by atoms with E-state index in [2.05, 4.69) is 19.1 Å². The predicted octanol–water partition coefficient (Wildman–Crippen LogP) is 9.09. The van der Waals surface area contributed by atoms with Gasteiger partial charge in [0.2, 0.25) is 0 Å². The number of aryl methyl sites for hydroxylation is 1. The second kappa shape index (κ2) is 12.3. The lowest BCUT2D eigenvalue weighted by molar-refractivity contribution is 0.117. The predicted molar refractivity (Wildman–Crippen MR) is 137 cm³/mol. The lowest BCUT2D eigenvalue weighted by Gasteiger charge is -2.29. The molecule has 0 atom stereocenters. The lowest BCUT2D eigenvalue weighted by atomic mass is 9.77. The third kappa shape index (κ3) is 6.47. The van der Waals surface area contributed by atoms with Gasteiger partial charge in [-0.15, -0.1) is 0 Å². The maximum Gasteiger partial charge on any atom is 0.131 e. The second-order valence-corrected chi connectivity index (χ2v) is 10.9. The van der Waals surface area contributed by atoms with E-state index in [1.54, 1.807) is 7.11 Å². The van der Waals surface area contributed by atoms with Crippen molar-refractivity contribution >= 4 is 0 Å². The molecule has 0 bridgehead atoms. The zero-order chi connectivity index (χ0) is 23.9. The van der Waals surface area contributed by atoms with Crippen molar-refractivity contribution in [2.24, 2.45) is 17.8 Å². The van der Waals surface area contributed by atoms with Gasteiger partial charge in [0.25, 0.3) is 0 Å². The number of methoxy groups -OCH3 is 1. The van der Waals surface area contributed by atoms with Crippen LogP contribution in [0.15, 0.2) is 36.4 Å². The smallest absolute Gasteiger partial charge is 0.131 e. The van der Waals surface area contributed by atoms with Crippen LogP contribution in [0.4, 0.5) is 8.78 Å². The Morgan fingerprint density at radius 3 is 2.03 bits per heavy atom. The van der Waals surface area contributed by atoms with Crippen LogP contribution >= 0.6 is 0 Å². The summed E-state index contributed by atoms with van der Waals surface area (Å²) in [5.41, 5.74) is 3.00. The minimum absolute atomic E-state index is 0.156. The largest absolute Gasteiger partial charge is 0.384 e. The molecule has 2 aromatic carbocycles. The molecule has 4 rings (SSSR count). The number of rotatable bonds is 9. The molecule has 2 aliphatic rings. The Kier molecular flexibility index (Phi) is 9.17. The molecule has 0 unspecified atom stereocenters. The highest BCUT2D eigenvalue weighted by molar-refractivity contribution is 5.65. The van der Waals surface area contributed by atoms with Gasteiger partial charge in [-0.2, -0.15) is 0 Å². The Hall–Kier alpha value is -1.74. The van der Waals surface area contributed by atoms with E-state index in [0.29, 0.717) is 11.1 Å². The van der Waals surface area contributed by atoms with Gasteiger partial charge in [-0.3, -0.25) is 0 Å². The highest BCUT2D eigenvalue weighted by Crippen LogP contribution is 2.40. The van der Waals surface area contributed by atoms with Gasteiger partial charge in [-0.1, -0.05) is 56.9 Å². The molecule has 1 nitrogen and oxygen atoms in total. The van der Waals surface area contributed by atoms with Crippen molar-refractivity contribution < 1.29 is 13.5 Å². The molecule has 0 amide bonds. The summed E-state index contributed by atoms with van der Waals surface area (Å²) < 4.78 is 35.4. The normalized spacial score (nSPS) is 25.4. The summed E-state index contributed by atoms with van der Waals surface area (Å²) in [6.45, 7) is 3.12. The number of ether oxygens (including phenoxy) is 1. The third-order valence-corrected chi connectivity index (χ3v) is 8.54. The van der Waals surface area contributed by atoms with Crippen molar-refractivity contribution in [2.45, 2.75) is 89.9 Å². The number of hydrogen-bond donors (Lipinski definition) is 0. The molecule has 0 aromatic heterocycles. The molecular weight excluding hydrogens is 426 g/mol. The maximum atomic E-state index is 15.1. The first kappa shape index (κ1) is 25.4. The SMILES string of the molecule is CCCC1CCC(c2cc(F)c(-c3ccc(CCC4CCC(COC)CC4)cc3)cc2F)CC1. The highest BCUT2D eigenvalue weighted by atomic mass is 19.1. The number of hydrogen-bond acceptors (Lipinski definition) is 1. The monoisotopic (exact) mass is 468 g/mol. The molecule has 0 N–H and O–H groups in total. The van der Waals surface area contributed by atoms with E-state index in [9.17, 15) is 0 Å². The van der Waals surface area contributed by atoms with Crippen LogP contribution in [0.1, 0.15) is 94.6 Å². The van der Waals surface area contributed by atoms with Crippen LogP contribution in [0.2, 0.25) is 0 Å². The molecule has 186 valence electrons. The fourth-order valence-corrected chi connectivity index (χ4v) is 6.41. The Morgan fingerprint density at radius 2 is 1.38 bits per heavy atom. The minimum atomic E-state index is -0.298. The van der Waals surface area contributed by atoms with Crippen LogP contribution in [0.25, 0.3) is 11.1 Å². The summed E-state index contributed by atoms with van der Waals surface area (Å²) in [5, 5.41) is 0. The Balaban J connectivity index is 1.34.